The number of ether oxygens (including phenoxy) is 1. The maximum atomic E-state index is 12.6. The summed E-state index contributed by atoms with van der Waals surface area (Å²) in [6.07, 6.45) is 2.60. The molecule has 0 saturated carbocycles. The topological polar surface area (TPSA) is 55.6 Å². The van der Waals surface area contributed by atoms with E-state index in [1.54, 1.807) is 4.90 Å². The van der Waals surface area contributed by atoms with Crippen LogP contribution in [0.1, 0.15) is 18.4 Å². The molecule has 1 saturated heterocycles. The van der Waals surface area contributed by atoms with Gasteiger partial charge in [-0.1, -0.05) is 42.5 Å². The third-order valence-electron chi connectivity index (χ3n) is 5.03. The predicted molar refractivity (Wildman–Crippen MR) is 104 cm³/mol. The number of hydrogen-bond donors (Lipinski definition) is 1. The number of fused-ring (bicyclic) bond motifs is 1. The second-order valence-electron chi connectivity index (χ2n) is 6.62. The molecule has 0 radical (unpaired) electrons. The first kappa shape index (κ1) is 19.7. The Morgan fingerprint density at radius 2 is 1.88 bits per heavy atom. The molecule has 1 aliphatic heterocycles. The number of carbonyl (C=O) groups excluding carboxylic acids is 1. The van der Waals surface area contributed by atoms with E-state index in [9.17, 15) is 4.79 Å². The van der Waals surface area contributed by atoms with Gasteiger partial charge in [0.1, 0.15) is 0 Å². The molecule has 1 heterocycles. The van der Waals surface area contributed by atoms with E-state index in [2.05, 4.69) is 42.5 Å². The highest BCUT2D eigenvalue weighted by molar-refractivity contribution is 5.86. The average molecular weight is 363 g/mol. The van der Waals surface area contributed by atoms with E-state index in [-0.39, 0.29) is 24.2 Å². The average Bonchev–Trinajstić information content (AvgIpc) is 2.65. The summed E-state index contributed by atoms with van der Waals surface area (Å²) < 4.78 is 5.36. The summed E-state index contributed by atoms with van der Waals surface area (Å²) >= 11 is 0. The van der Waals surface area contributed by atoms with E-state index in [0.717, 1.165) is 19.3 Å². The summed E-state index contributed by atoms with van der Waals surface area (Å²) in [7, 11) is 1.85. The minimum Gasteiger partial charge on any atom is -0.381 e. The van der Waals surface area contributed by atoms with Crippen LogP contribution in [0.2, 0.25) is 0 Å². The molecule has 0 aliphatic carbocycles. The number of hydrogen-bond acceptors (Lipinski definition) is 3. The Kier molecular flexibility index (Phi) is 7.24. The van der Waals surface area contributed by atoms with Crippen LogP contribution in [0, 0.1) is 5.92 Å². The van der Waals surface area contributed by atoms with Crippen LogP contribution < -0.4 is 5.73 Å². The minimum atomic E-state index is -0.411. The van der Waals surface area contributed by atoms with Crippen LogP contribution in [0.25, 0.3) is 10.8 Å². The molecule has 136 valence electrons. The van der Waals surface area contributed by atoms with Crippen molar-refractivity contribution in [1.82, 2.24) is 4.90 Å². The van der Waals surface area contributed by atoms with Crippen LogP contribution in [0.5, 0.6) is 0 Å². The van der Waals surface area contributed by atoms with Crippen LogP contribution in [0.3, 0.4) is 0 Å². The van der Waals surface area contributed by atoms with Gasteiger partial charge in [-0.25, -0.2) is 0 Å². The first-order chi connectivity index (χ1) is 11.7. The van der Waals surface area contributed by atoms with Crippen LogP contribution in [-0.2, 0) is 16.0 Å². The number of benzene rings is 2. The third kappa shape index (κ3) is 4.72. The predicted octanol–water partition coefficient (Wildman–Crippen LogP) is 3.02. The van der Waals surface area contributed by atoms with Gasteiger partial charge in [0.2, 0.25) is 5.91 Å². The van der Waals surface area contributed by atoms with E-state index < -0.39 is 6.04 Å². The molecular weight excluding hydrogens is 336 g/mol. The van der Waals surface area contributed by atoms with E-state index in [4.69, 9.17) is 10.5 Å². The number of halogens is 1. The molecule has 1 unspecified atom stereocenters. The van der Waals surface area contributed by atoms with Crippen molar-refractivity contribution < 1.29 is 9.53 Å². The molecule has 2 N–H and O–H groups in total. The van der Waals surface area contributed by atoms with Crippen molar-refractivity contribution in [2.75, 3.05) is 26.8 Å². The van der Waals surface area contributed by atoms with E-state index >= 15 is 0 Å². The monoisotopic (exact) mass is 362 g/mol. The Morgan fingerprint density at radius 3 is 2.64 bits per heavy atom. The normalized spacial score (nSPS) is 16.2. The number of likely N-dealkylation sites (N-methyl/N-ethyl adjacent to an activating group) is 1. The fourth-order valence-corrected chi connectivity index (χ4v) is 3.44. The molecule has 1 atom stereocenters. The van der Waals surface area contributed by atoms with Crippen molar-refractivity contribution in [3.8, 4) is 0 Å². The molecule has 25 heavy (non-hydrogen) atoms. The number of carbonyl (C=O) groups is 1. The molecule has 0 bridgehead atoms. The lowest BCUT2D eigenvalue weighted by atomic mass is 9.91. The van der Waals surface area contributed by atoms with Crippen molar-refractivity contribution in [1.29, 1.82) is 0 Å². The van der Waals surface area contributed by atoms with Crippen LogP contribution in [0.4, 0.5) is 0 Å². The van der Waals surface area contributed by atoms with Gasteiger partial charge >= 0.3 is 0 Å². The second-order valence-corrected chi connectivity index (χ2v) is 6.62. The number of rotatable bonds is 5. The Balaban J connectivity index is 0.00000225. The second kappa shape index (κ2) is 9.18. The number of nitrogens with two attached hydrogens (primary N) is 1. The molecular formula is C20H27ClN2O2. The zero-order chi connectivity index (χ0) is 16.9. The lowest BCUT2D eigenvalue weighted by molar-refractivity contribution is -0.133. The first-order valence-electron chi connectivity index (χ1n) is 8.72. The van der Waals surface area contributed by atoms with E-state index in [1.807, 2.05) is 7.05 Å². The molecule has 3 rings (SSSR count). The molecule has 2 aromatic carbocycles. The number of amides is 1. The molecule has 0 aromatic heterocycles. The van der Waals surface area contributed by atoms with Gasteiger partial charge in [0.15, 0.2) is 0 Å². The van der Waals surface area contributed by atoms with Crippen molar-refractivity contribution in [2.24, 2.45) is 11.7 Å². The zero-order valence-electron chi connectivity index (χ0n) is 14.7. The van der Waals surface area contributed by atoms with E-state index in [1.165, 1.54) is 16.3 Å². The summed E-state index contributed by atoms with van der Waals surface area (Å²) in [5.74, 6) is 0.286. The maximum absolute atomic E-state index is 12.6. The van der Waals surface area contributed by atoms with Crippen molar-refractivity contribution in [2.45, 2.75) is 25.3 Å². The molecule has 1 fully saturated rings. The van der Waals surface area contributed by atoms with E-state index in [0.29, 0.717) is 19.8 Å². The van der Waals surface area contributed by atoms with Gasteiger partial charge in [0.25, 0.3) is 0 Å². The van der Waals surface area contributed by atoms with Crippen LogP contribution in [0.15, 0.2) is 42.5 Å². The standard InChI is InChI=1S/C20H26N2O2.ClH/c1-22(20(23)19(21)17-10-13-24-14-11-17)12-9-16-7-4-6-15-5-2-3-8-18(15)16;/h2-8,17,19H,9-14,21H2,1H3;1H. The quantitative estimate of drug-likeness (QED) is 0.889. The van der Waals surface area contributed by atoms with Gasteiger partial charge in [-0.3, -0.25) is 4.79 Å². The highest BCUT2D eigenvalue weighted by Crippen LogP contribution is 2.20. The zero-order valence-corrected chi connectivity index (χ0v) is 15.5. The smallest absolute Gasteiger partial charge is 0.239 e. The number of nitrogens with zero attached hydrogens (tertiary/aromatic N) is 1. The maximum Gasteiger partial charge on any atom is 0.239 e. The highest BCUT2D eigenvalue weighted by atomic mass is 35.5. The van der Waals surface area contributed by atoms with Gasteiger partial charge in [0.05, 0.1) is 6.04 Å². The molecule has 0 spiro atoms. The van der Waals surface area contributed by atoms with Crippen LogP contribution >= 0.6 is 12.4 Å². The summed E-state index contributed by atoms with van der Waals surface area (Å²) in [5.41, 5.74) is 7.48. The molecule has 4 nitrogen and oxygen atoms in total. The highest BCUT2D eigenvalue weighted by Gasteiger charge is 2.28. The largest absolute Gasteiger partial charge is 0.381 e. The Morgan fingerprint density at radius 1 is 1.20 bits per heavy atom. The molecule has 2 aromatic rings. The third-order valence-corrected chi connectivity index (χ3v) is 5.03. The van der Waals surface area contributed by atoms with Gasteiger partial charge in [-0.05, 0) is 41.5 Å². The summed E-state index contributed by atoms with van der Waals surface area (Å²) in [6.45, 7) is 2.11. The Labute approximate surface area is 155 Å². The van der Waals surface area contributed by atoms with Crippen LogP contribution in [-0.4, -0.2) is 43.7 Å². The lowest BCUT2D eigenvalue weighted by Crippen LogP contribution is -2.48. The fraction of sp³-hybridized carbons (Fsp3) is 0.450. The van der Waals surface area contributed by atoms with Gasteiger partial charge < -0.3 is 15.4 Å². The minimum absolute atomic E-state index is 0. The van der Waals surface area contributed by atoms with Crippen molar-refractivity contribution >= 4 is 29.1 Å². The van der Waals surface area contributed by atoms with Crippen molar-refractivity contribution in [3.05, 3.63) is 48.0 Å². The SMILES string of the molecule is CN(CCc1cccc2ccccc12)C(=O)C(N)C1CCOCC1.Cl. The molecule has 1 amide bonds. The van der Waals surface area contributed by atoms with Gasteiger partial charge in [-0.2, -0.15) is 0 Å². The Hall–Kier alpha value is -1.62. The fourth-order valence-electron chi connectivity index (χ4n) is 3.44. The lowest BCUT2D eigenvalue weighted by Gasteiger charge is -2.30. The van der Waals surface area contributed by atoms with Gasteiger partial charge in [-0.15, -0.1) is 12.4 Å². The summed E-state index contributed by atoms with van der Waals surface area (Å²) in [5, 5.41) is 2.50. The molecule has 5 heteroatoms. The Bertz CT molecular complexity index is 696. The van der Waals surface area contributed by atoms with Gasteiger partial charge in [0, 0.05) is 26.8 Å². The summed E-state index contributed by atoms with van der Waals surface area (Å²) in [4.78, 5) is 14.4. The summed E-state index contributed by atoms with van der Waals surface area (Å²) in [6, 6.07) is 14.3. The van der Waals surface area contributed by atoms with Crippen molar-refractivity contribution in [3.63, 3.8) is 0 Å². The molecule has 1 aliphatic rings. The first-order valence-corrected chi connectivity index (χ1v) is 8.72.